The quantitative estimate of drug-likeness (QED) is 0.788. The Hall–Kier alpha value is -1.85. The summed E-state index contributed by atoms with van der Waals surface area (Å²) in [7, 11) is -7.56. The fourth-order valence-corrected chi connectivity index (χ4v) is 4.60. The van der Waals surface area contributed by atoms with Crippen LogP contribution in [0.2, 0.25) is 0 Å². The smallest absolute Gasteiger partial charge is 0.335 e. The van der Waals surface area contributed by atoms with Crippen molar-refractivity contribution in [2.24, 2.45) is 0 Å². The SMILES string of the molecule is CS(=O)(=O)c1nnc([C@@H]2CCCN2S(=O)(=O)c2ccc(F)cc2)o1. The van der Waals surface area contributed by atoms with Crippen LogP contribution in [0, 0.1) is 5.82 Å². The molecule has 130 valence electrons. The number of halogens is 1. The number of rotatable bonds is 4. The van der Waals surface area contributed by atoms with E-state index >= 15 is 0 Å². The lowest BCUT2D eigenvalue weighted by atomic mass is 10.2. The Morgan fingerprint density at radius 1 is 1.17 bits per heavy atom. The Bertz CT molecular complexity index is 954. The third kappa shape index (κ3) is 3.06. The van der Waals surface area contributed by atoms with E-state index in [-0.39, 0.29) is 17.3 Å². The fourth-order valence-electron chi connectivity index (χ4n) is 2.52. The molecule has 11 heteroatoms. The van der Waals surface area contributed by atoms with Gasteiger partial charge in [-0.1, -0.05) is 5.10 Å². The highest BCUT2D eigenvalue weighted by atomic mass is 32.2. The standard InChI is InChI=1S/C13H14FN3O5S2/c1-23(18,19)13-16-15-12(22-13)11-3-2-8-17(11)24(20,21)10-6-4-9(14)5-7-10/h4-7,11H,2-3,8H2,1H3/t11-/m0/s1. The van der Waals surface area contributed by atoms with Gasteiger partial charge in [-0.2, -0.15) is 4.31 Å². The molecule has 0 N–H and O–H groups in total. The summed E-state index contributed by atoms with van der Waals surface area (Å²) in [4.78, 5) is -0.0568. The van der Waals surface area contributed by atoms with Crippen molar-refractivity contribution >= 4 is 19.9 Å². The largest absolute Gasteiger partial charge is 0.411 e. The van der Waals surface area contributed by atoms with Crippen molar-refractivity contribution in [3.05, 3.63) is 36.0 Å². The van der Waals surface area contributed by atoms with Gasteiger partial charge in [0.1, 0.15) is 11.9 Å². The Balaban J connectivity index is 1.96. The number of sulfone groups is 1. The molecule has 24 heavy (non-hydrogen) atoms. The van der Waals surface area contributed by atoms with E-state index in [9.17, 15) is 21.2 Å². The summed E-state index contributed by atoms with van der Waals surface area (Å²) in [5.41, 5.74) is 0. The van der Waals surface area contributed by atoms with Crippen LogP contribution in [0.4, 0.5) is 4.39 Å². The van der Waals surface area contributed by atoms with Gasteiger partial charge in [0, 0.05) is 12.8 Å². The van der Waals surface area contributed by atoms with Crippen LogP contribution >= 0.6 is 0 Å². The summed E-state index contributed by atoms with van der Waals surface area (Å²) in [5, 5.41) is 6.58. The summed E-state index contributed by atoms with van der Waals surface area (Å²) >= 11 is 0. The average molecular weight is 375 g/mol. The lowest BCUT2D eigenvalue weighted by molar-refractivity contribution is 0.303. The van der Waals surface area contributed by atoms with E-state index in [0.29, 0.717) is 12.8 Å². The Labute approximate surface area is 138 Å². The van der Waals surface area contributed by atoms with Gasteiger partial charge in [-0.3, -0.25) is 0 Å². The van der Waals surface area contributed by atoms with Crippen LogP contribution in [0.3, 0.4) is 0 Å². The maximum Gasteiger partial charge on any atom is 0.335 e. The van der Waals surface area contributed by atoms with Gasteiger partial charge in [0.05, 0.1) is 4.90 Å². The number of hydrogen-bond donors (Lipinski definition) is 0. The number of benzene rings is 1. The fraction of sp³-hybridized carbons (Fsp3) is 0.385. The predicted molar refractivity (Wildman–Crippen MR) is 79.7 cm³/mol. The highest BCUT2D eigenvalue weighted by Gasteiger charge is 2.39. The number of hydrogen-bond acceptors (Lipinski definition) is 7. The van der Waals surface area contributed by atoms with Gasteiger partial charge >= 0.3 is 5.22 Å². The third-order valence-corrected chi connectivity index (χ3v) is 6.37. The topological polar surface area (TPSA) is 110 Å². The van der Waals surface area contributed by atoms with Crippen molar-refractivity contribution in [2.75, 3.05) is 12.8 Å². The second kappa shape index (κ2) is 5.90. The minimum absolute atomic E-state index is 0.0568. The van der Waals surface area contributed by atoms with Crippen molar-refractivity contribution in [1.82, 2.24) is 14.5 Å². The molecule has 1 fully saturated rings. The second-order valence-electron chi connectivity index (χ2n) is 5.41. The summed E-state index contributed by atoms with van der Waals surface area (Å²) in [6.45, 7) is 0.223. The zero-order valence-corrected chi connectivity index (χ0v) is 14.2. The second-order valence-corrected chi connectivity index (χ2v) is 9.19. The van der Waals surface area contributed by atoms with Gasteiger partial charge in [-0.15, -0.1) is 5.10 Å². The molecule has 0 amide bonds. The molecule has 2 aromatic rings. The highest BCUT2D eigenvalue weighted by Crippen LogP contribution is 2.36. The van der Waals surface area contributed by atoms with E-state index < -0.39 is 36.9 Å². The van der Waals surface area contributed by atoms with Crippen LogP contribution in [0.25, 0.3) is 0 Å². The van der Waals surface area contributed by atoms with Crippen molar-refractivity contribution in [3.63, 3.8) is 0 Å². The molecular formula is C13H14FN3O5S2. The van der Waals surface area contributed by atoms with Crippen molar-refractivity contribution in [2.45, 2.75) is 29.0 Å². The van der Waals surface area contributed by atoms with E-state index in [2.05, 4.69) is 10.2 Å². The van der Waals surface area contributed by atoms with E-state index in [1.807, 2.05) is 0 Å². The third-order valence-electron chi connectivity index (χ3n) is 3.65. The van der Waals surface area contributed by atoms with Crippen LogP contribution in [0.15, 0.2) is 38.8 Å². The monoisotopic (exact) mass is 375 g/mol. The lowest BCUT2D eigenvalue weighted by Crippen LogP contribution is -2.30. The Morgan fingerprint density at radius 3 is 2.42 bits per heavy atom. The Morgan fingerprint density at radius 2 is 1.83 bits per heavy atom. The molecule has 2 heterocycles. The molecule has 0 bridgehead atoms. The van der Waals surface area contributed by atoms with Gasteiger partial charge in [0.15, 0.2) is 0 Å². The van der Waals surface area contributed by atoms with Crippen molar-refractivity contribution in [3.8, 4) is 0 Å². The number of sulfonamides is 1. The average Bonchev–Trinajstić information content (AvgIpc) is 3.16. The van der Waals surface area contributed by atoms with Crippen molar-refractivity contribution < 1.29 is 25.6 Å². The molecule has 1 aliphatic rings. The van der Waals surface area contributed by atoms with E-state index in [1.54, 1.807) is 0 Å². The molecule has 1 saturated heterocycles. The zero-order valence-electron chi connectivity index (χ0n) is 12.6. The summed E-state index contributed by atoms with van der Waals surface area (Å²) in [6.07, 6.45) is 1.90. The molecular weight excluding hydrogens is 361 g/mol. The summed E-state index contributed by atoms with van der Waals surface area (Å²) in [6, 6.07) is 3.73. The Kier molecular flexibility index (Phi) is 4.18. The molecule has 8 nitrogen and oxygen atoms in total. The van der Waals surface area contributed by atoms with Gasteiger partial charge in [0.25, 0.3) is 0 Å². The predicted octanol–water partition coefficient (Wildman–Crippen LogP) is 1.14. The molecule has 0 aliphatic carbocycles. The van der Waals surface area contributed by atoms with Crippen LogP contribution < -0.4 is 0 Å². The molecule has 1 aliphatic heterocycles. The van der Waals surface area contributed by atoms with Gasteiger partial charge in [-0.05, 0) is 37.1 Å². The minimum Gasteiger partial charge on any atom is -0.411 e. The molecule has 0 unspecified atom stereocenters. The maximum atomic E-state index is 13.0. The molecule has 1 aromatic carbocycles. The van der Waals surface area contributed by atoms with E-state index in [4.69, 9.17) is 4.42 Å². The first-order valence-electron chi connectivity index (χ1n) is 7.00. The molecule has 0 radical (unpaired) electrons. The van der Waals surface area contributed by atoms with Crippen LogP contribution in [-0.2, 0) is 19.9 Å². The molecule has 3 rings (SSSR count). The maximum absolute atomic E-state index is 13.0. The number of nitrogens with zero attached hydrogens (tertiary/aromatic N) is 3. The van der Waals surface area contributed by atoms with Crippen LogP contribution in [0.5, 0.6) is 0 Å². The van der Waals surface area contributed by atoms with E-state index in [1.165, 1.54) is 16.4 Å². The van der Waals surface area contributed by atoms with Gasteiger partial charge < -0.3 is 4.42 Å². The summed E-state index contributed by atoms with van der Waals surface area (Å²) < 4.78 is 67.6. The van der Waals surface area contributed by atoms with Crippen LogP contribution in [0.1, 0.15) is 24.8 Å². The lowest BCUT2D eigenvalue weighted by Gasteiger charge is -2.21. The van der Waals surface area contributed by atoms with Crippen molar-refractivity contribution in [1.29, 1.82) is 0 Å². The first kappa shape index (κ1) is 17.0. The zero-order chi connectivity index (χ0) is 17.5. The first-order valence-corrected chi connectivity index (χ1v) is 10.3. The summed E-state index contributed by atoms with van der Waals surface area (Å²) in [5.74, 6) is -0.611. The molecule has 0 spiro atoms. The van der Waals surface area contributed by atoms with E-state index in [0.717, 1.165) is 18.4 Å². The number of aromatic nitrogens is 2. The van der Waals surface area contributed by atoms with Gasteiger partial charge in [0.2, 0.25) is 25.8 Å². The van der Waals surface area contributed by atoms with Gasteiger partial charge in [-0.25, -0.2) is 21.2 Å². The molecule has 0 saturated carbocycles. The molecule has 1 aromatic heterocycles. The molecule has 1 atom stereocenters. The highest BCUT2D eigenvalue weighted by molar-refractivity contribution is 7.90. The normalized spacial score (nSPS) is 19.7. The first-order chi connectivity index (χ1) is 11.2. The minimum atomic E-state index is -3.89. The van der Waals surface area contributed by atoms with Crippen LogP contribution in [-0.4, -0.2) is 44.1 Å².